The lowest BCUT2D eigenvalue weighted by Crippen LogP contribution is -2.29. The molecule has 2 rings (SSSR count). The normalized spacial score (nSPS) is 22.2. The van der Waals surface area contributed by atoms with E-state index in [1.165, 1.54) is 0 Å². The van der Waals surface area contributed by atoms with Gasteiger partial charge >= 0.3 is 6.18 Å². The van der Waals surface area contributed by atoms with Crippen LogP contribution in [0.2, 0.25) is 0 Å². The van der Waals surface area contributed by atoms with Crippen molar-refractivity contribution in [2.24, 2.45) is 5.92 Å². The molecule has 1 saturated carbocycles. The molecule has 2 nitrogen and oxygen atoms in total. The molecular formula is C13H13F4NO. The van der Waals surface area contributed by atoms with Gasteiger partial charge in [0.15, 0.2) is 0 Å². The van der Waals surface area contributed by atoms with Crippen LogP contribution in [0, 0.1) is 11.7 Å². The summed E-state index contributed by atoms with van der Waals surface area (Å²) in [5, 5.41) is 2.54. The van der Waals surface area contributed by atoms with E-state index >= 15 is 0 Å². The van der Waals surface area contributed by atoms with E-state index in [0.29, 0.717) is 12.0 Å². The van der Waals surface area contributed by atoms with E-state index in [-0.39, 0.29) is 6.04 Å². The molecule has 2 atom stereocenters. The number of carbonyl (C=O) groups excluding carboxylic acids is 1. The molecule has 0 radical (unpaired) electrons. The topological polar surface area (TPSA) is 29.1 Å². The van der Waals surface area contributed by atoms with Crippen molar-refractivity contribution in [3.8, 4) is 0 Å². The Kier molecular flexibility index (Phi) is 3.52. The number of alkyl halides is 3. The molecule has 1 aromatic carbocycles. The molecule has 0 bridgehead atoms. The van der Waals surface area contributed by atoms with E-state index in [1.54, 1.807) is 0 Å². The fourth-order valence-electron chi connectivity index (χ4n) is 2.07. The lowest BCUT2D eigenvalue weighted by Gasteiger charge is -2.13. The molecule has 1 aromatic rings. The van der Waals surface area contributed by atoms with E-state index in [0.717, 1.165) is 25.0 Å². The number of carbonyl (C=O) groups is 1. The van der Waals surface area contributed by atoms with E-state index in [4.69, 9.17) is 0 Å². The first kappa shape index (κ1) is 13.8. The minimum Gasteiger partial charge on any atom is -0.349 e. The maximum absolute atomic E-state index is 12.9. The van der Waals surface area contributed by atoms with E-state index in [2.05, 4.69) is 5.32 Å². The molecular weight excluding hydrogens is 262 g/mol. The van der Waals surface area contributed by atoms with Crippen LogP contribution in [0.15, 0.2) is 18.2 Å². The summed E-state index contributed by atoms with van der Waals surface area (Å²) >= 11 is 0. The molecule has 1 N–H and O–H groups in total. The third kappa shape index (κ3) is 3.05. The Bertz CT molecular complexity index is 498. The zero-order valence-electron chi connectivity index (χ0n) is 10.2. The smallest absolute Gasteiger partial charge is 0.349 e. The fourth-order valence-corrected chi connectivity index (χ4v) is 2.07. The zero-order valence-corrected chi connectivity index (χ0v) is 10.2. The van der Waals surface area contributed by atoms with Gasteiger partial charge < -0.3 is 5.32 Å². The van der Waals surface area contributed by atoms with Crippen molar-refractivity contribution < 1.29 is 22.4 Å². The predicted molar refractivity (Wildman–Crippen MR) is 61.1 cm³/mol. The van der Waals surface area contributed by atoms with Crippen molar-refractivity contribution in [3.05, 3.63) is 35.1 Å². The molecule has 6 heteroatoms. The van der Waals surface area contributed by atoms with Gasteiger partial charge in [-0.2, -0.15) is 13.2 Å². The van der Waals surface area contributed by atoms with Crippen molar-refractivity contribution in [2.75, 3.05) is 0 Å². The van der Waals surface area contributed by atoms with Crippen LogP contribution in [0.3, 0.4) is 0 Å². The highest BCUT2D eigenvalue weighted by molar-refractivity contribution is 5.96. The van der Waals surface area contributed by atoms with Crippen LogP contribution in [0.25, 0.3) is 0 Å². The van der Waals surface area contributed by atoms with Crippen molar-refractivity contribution in [2.45, 2.75) is 32.0 Å². The molecule has 104 valence electrons. The lowest BCUT2D eigenvalue weighted by molar-refractivity contribution is -0.138. The summed E-state index contributed by atoms with van der Waals surface area (Å²) in [5.74, 6) is -1.48. The van der Waals surface area contributed by atoms with Gasteiger partial charge in [0.1, 0.15) is 5.82 Å². The lowest BCUT2D eigenvalue weighted by atomic mass is 10.1. The van der Waals surface area contributed by atoms with E-state index < -0.39 is 29.0 Å². The summed E-state index contributed by atoms with van der Waals surface area (Å²) in [5.41, 5.74) is -1.77. The van der Waals surface area contributed by atoms with Gasteiger partial charge in [-0.3, -0.25) is 4.79 Å². The number of hydrogen-bond donors (Lipinski definition) is 1. The van der Waals surface area contributed by atoms with Gasteiger partial charge in [0, 0.05) is 6.04 Å². The Morgan fingerprint density at radius 3 is 2.63 bits per heavy atom. The van der Waals surface area contributed by atoms with Crippen molar-refractivity contribution in [1.82, 2.24) is 5.32 Å². The number of halogens is 4. The molecule has 0 saturated heterocycles. The van der Waals surface area contributed by atoms with Crippen LogP contribution >= 0.6 is 0 Å². The number of rotatable bonds is 3. The third-order valence-electron chi connectivity index (χ3n) is 3.30. The Hall–Kier alpha value is -1.59. The van der Waals surface area contributed by atoms with Crippen molar-refractivity contribution >= 4 is 5.91 Å². The summed E-state index contributed by atoms with van der Waals surface area (Å²) in [6.07, 6.45) is -3.09. The molecule has 1 amide bonds. The highest BCUT2D eigenvalue weighted by Gasteiger charge is 2.39. The second-order valence-electron chi connectivity index (χ2n) is 4.67. The molecule has 0 unspecified atom stereocenters. The van der Waals surface area contributed by atoms with Gasteiger partial charge in [0.2, 0.25) is 0 Å². The van der Waals surface area contributed by atoms with E-state index in [9.17, 15) is 22.4 Å². The molecule has 0 spiro atoms. The number of amides is 1. The van der Waals surface area contributed by atoms with Crippen LogP contribution in [-0.2, 0) is 6.18 Å². The maximum Gasteiger partial charge on any atom is 0.417 e. The summed E-state index contributed by atoms with van der Waals surface area (Å²) in [6, 6.07) is 2.01. The van der Waals surface area contributed by atoms with Crippen LogP contribution in [-0.4, -0.2) is 11.9 Å². The number of nitrogens with one attached hydrogen (secondary N) is 1. The maximum atomic E-state index is 12.9. The van der Waals surface area contributed by atoms with E-state index in [1.807, 2.05) is 6.92 Å². The molecule has 0 aliphatic heterocycles. The minimum absolute atomic E-state index is 0.0661. The predicted octanol–water partition coefficient (Wildman–Crippen LogP) is 3.37. The first-order valence-electron chi connectivity index (χ1n) is 6.00. The van der Waals surface area contributed by atoms with Gasteiger partial charge in [-0.25, -0.2) is 4.39 Å². The molecule has 19 heavy (non-hydrogen) atoms. The zero-order chi connectivity index (χ0) is 14.2. The minimum atomic E-state index is -4.75. The summed E-state index contributed by atoms with van der Waals surface area (Å²) in [6.45, 7) is 1.95. The Morgan fingerprint density at radius 1 is 1.42 bits per heavy atom. The molecule has 0 heterocycles. The molecule has 1 aliphatic carbocycles. The first-order valence-corrected chi connectivity index (χ1v) is 6.00. The Morgan fingerprint density at radius 2 is 2.11 bits per heavy atom. The molecule has 1 aliphatic rings. The van der Waals surface area contributed by atoms with Crippen molar-refractivity contribution in [3.63, 3.8) is 0 Å². The Balaban J connectivity index is 2.22. The average Bonchev–Trinajstić information content (AvgIpc) is 3.06. The van der Waals surface area contributed by atoms with Gasteiger partial charge in [-0.15, -0.1) is 0 Å². The summed E-state index contributed by atoms with van der Waals surface area (Å²) in [7, 11) is 0. The summed E-state index contributed by atoms with van der Waals surface area (Å²) < 4.78 is 51.1. The fraction of sp³-hybridized carbons (Fsp3) is 0.462. The highest BCUT2D eigenvalue weighted by atomic mass is 19.4. The van der Waals surface area contributed by atoms with Crippen LogP contribution in [0.5, 0.6) is 0 Å². The van der Waals surface area contributed by atoms with Gasteiger partial charge in [0.05, 0.1) is 11.1 Å². The van der Waals surface area contributed by atoms with Crippen LogP contribution in [0.4, 0.5) is 17.6 Å². The number of benzene rings is 1. The standard InChI is InChI=1S/C13H13F4NO/c1-2-7-5-11(7)18-12(19)9-4-3-8(14)6-10(9)13(15,16)17/h3-4,6-7,11H,2,5H2,1H3,(H,18,19)/t7-,11-/m1/s1. The SMILES string of the molecule is CC[C@@H]1C[C@H]1NC(=O)c1ccc(F)cc1C(F)(F)F. The molecule has 0 aromatic heterocycles. The van der Waals surface area contributed by atoms with Crippen LogP contribution in [0.1, 0.15) is 35.7 Å². The van der Waals surface area contributed by atoms with Gasteiger partial charge in [-0.1, -0.05) is 13.3 Å². The average molecular weight is 275 g/mol. The Labute approximate surface area is 107 Å². The van der Waals surface area contributed by atoms with Crippen molar-refractivity contribution in [1.29, 1.82) is 0 Å². The van der Waals surface area contributed by atoms with Gasteiger partial charge in [0.25, 0.3) is 5.91 Å². The third-order valence-corrected chi connectivity index (χ3v) is 3.30. The quantitative estimate of drug-likeness (QED) is 0.842. The number of hydrogen-bond acceptors (Lipinski definition) is 1. The second kappa shape index (κ2) is 4.83. The van der Waals surface area contributed by atoms with Crippen LogP contribution < -0.4 is 5.32 Å². The first-order chi connectivity index (χ1) is 8.82. The largest absolute Gasteiger partial charge is 0.417 e. The molecule has 1 fully saturated rings. The second-order valence-corrected chi connectivity index (χ2v) is 4.67. The van der Waals surface area contributed by atoms with Gasteiger partial charge in [-0.05, 0) is 30.5 Å². The highest BCUT2D eigenvalue weighted by Crippen LogP contribution is 2.35. The monoisotopic (exact) mass is 275 g/mol. The summed E-state index contributed by atoms with van der Waals surface area (Å²) in [4.78, 5) is 11.8.